The normalized spacial score (nSPS) is 11.4. The molecule has 0 saturated carbocycles. The van der Waals surface area contributed by atoms with Gasteiger partial charge in [0, 0.05) is 23.4 Å². The summed E-state index contributed by atoms with van der Waals surface area (Å²) in [6.45, 7) is 0.351. The highest BCUT2D eigenvalue weighted by Crippen LogP contribution is 2.23. The first-order valence-corrected chi connectivity index (χ1v) is 10.3. The molecule has 25 heavy (non-hydrogen) atoms. The summed E-state index contributed by atoms with van der Waals surface area (Å²) in [6.07, 6.45) is 1.47. The van der Waals surface area contributed by atoms with Gasteiger partial charge < -0.3 is 0 Å². The monoisotopic (exact) mass is 370 g/mol. The molecule has 0 fully saturated rings. The Balaban J connectivity index is 1.51. The van der Waals surface area contributed by atoms with Gasteiger partial charge in [-0.3, -0.25) is 0 Å². The first-order valence-electron chi connectivity index (χ1n) is 7.84. The Morgan fingerprint density at radius 3 is 2.20 bits per heavy atom. The third-order valence-electron chi connectivity index (χ3n) is 3.54. The number of benzene rings is 2. The second-order valence-corrected chi connectivity index (χ2v) is 8.19. The van der Waals surface area contributed by atoms with Crippen LogP contribution >= 0.6 is 11.8 Å². The van der Waals surface area contributed by atoms with Crippen LogP contribution in [0.1, 0.15) is 0 Å². The van der Waals surface area contributed by atoms with Crippen LogP contribution in [0.5, 0.6) is 0 Å². The number of thioether (sulfide) groups is 1. The van der Waals surface area contributed by atoms with E-state index in [-0.39, 0.29) is 5.03 Å². The molecule has 3 rings (SSSR count). The van der Waals surface area contributed by atoms with E-state index in [9.17, 15) is 8.42 Å². The molecule has 1 aromatic heterocycles. The smallest absolute Gasteiger partial charge is 0.243 e. The van der Waals surface area contributed by atoms with Crippen molar-refractivity contribution in [3.63, 3.8) is 0 Å². The minimum atomic E-state index is -3.53. The highest BCUT2D eigenvalue weighted by molar-refractivity contribution is 7.99. The van der Waals surface area contributed by atoms with Crippen molar-refractivity contribution in [2.45, 2.75) is 9.92 Å². The van der Waals surface area contributed by atoms with Crippen LogP contribution < -0.4 is 4.72 Å². The van der Waals surface area contributed by atoms with Crippen LogP contribution in [0.25, 0.3) is 11.1 Å². The molecule has 0 saturated heterocycles. The van der Waals surface area contributed by atoms with Gasteiger partial charge in [0.15, 0.2) is 5.03 Å². The predicted molar refractivity (Wildman–Crippen MR) is 102 cm³/mol. The Bertz CT molecular complexity index is 897. The summed E-state index contributed by atoms with van der Waals surface area (Å²) >= 11 is 1.61. The van der Waals surface area contributed by atoms with Gasteiger partial charge in [-0.25, -0.2) is 18.1 Å². The average Bonchev–Trinajstić information content (AvgIpc) is 2.67. The quantitative estimate of drug-likeness (QED) is 0.507. The molecule has 1 N–H and O–H groups in total. The second-order valence-electron chi connectivity index (χ2n) is 5.30. The third-order valence-corrected chi connectivity index (χ3v) is 5.93. The number of hydrogen-bond donors (Lipinski definition) is 1. The van der Waals surface area contributed by atoms with Crippen molar-refractivity contribution in [1.82, 2.24) is 9.71 Å². The number of sulfonamides is 1. The van der Waals surface area contributed by atoms with Crippen LogP contribution in [-0.2, 0) is 10.0 Å². The van der Waals surface area contributed by atoms with Crippen LogP contribution in [0.2, 0.25) is 0 Å². The molecule has 0 aliphatic rings. The van der Waals surface area contributed by atoms with E-state index in [2.05, 4.69) is 46.1 Å². The zero-order chi connectivity index (χ0) is 17.5. The summed E-state index contributed by atoms with van der Waals surface area (Å²) in [6, 6.07) is 23.3. The number of nitrogens with one attached hydrogen (secondary N) is 1. The Kier molecular flexibility index (Phi) is 5.86. The predicted octanol–water partition coefficient (Wildman–Crippen LogP) is 3.82. The first-order chi connectivity index (χ1) is 12.1. The third kappa shape index (κ3) is 4.92. The van der Waals surface area contributed by atoms with Crippen LogP contribution in [0.15, 0.2) is 88.9 Å². The summed E-state index contributed by atoms with van der Waals surface area (Å²) in [5.41, 5.74) is 2.35. The van der Waals surface area contributed by atoms with Crippen molar-refractivity contribution in [2.24, 2.45) is 0 Å². The number of pyridine rings is 1. The van der Waals surface area contributed by atoms with Crippen molar-refractivity contribution in [3.8, 4) is 11.1 Å². The van der Waals surface area contributed by atoms with E-state index in [0.29, 0.717) is 12.3 Å². The maximum Gasteiger partial charge on any atom is 0.258 e. The lowest BCUT2D eigenvalue weighted by Gasteiger charge is -2.07. The van der Waals surface area contributed by atoms with Crippen molar-refractivity contribution in [2.75, 3.05) is 12.3 Å². The Morgan fingerprint density at radius 1 is 0.840 bits per heavy atom. The average molecular weight is 370 g/mol. The van der Waals surface area contributed by atoms with E-state index < -0.39 is 10.0 Å². The van der Waals surface area contributed by atoms with Crippen LogP contribution in [-0.4, -0.2) is 25.7 Å². The van der Waals surface area contributed by atoms with Gasteiger partial charge in [-0.05, 0) is 35.4 Å². The molecular weight excluding hydrogens is 352 g/mol. The maximum atomic E-state index is 12.1. The van der Waals surface area contributed by atoms with Gasteiger partial charge in [0.05, 0.1) is 0 Å². The molecular formula is C19H18N2O2S2. The SMILES string of the molecule is O=S(=O)(NCCSc1ccc(-c2ccccc2)cc1)c1ccccn1. The van der Waals surface area contributed by atoms with Crippen molar-refractivity contribution in [3.05, 3.63) is 79.0 Å². The van der Waals surface area contributed by atoms with Gasteiger partial charge >= 0.3 is 0 Å². The number of aromatic nitrogens is 1. The minimum Gasteiger partial charge on any atom is -0.243 e. The molecule has 6 heteroatoms. The fraction of sp³-hybridized carbons (Fsp3) is 0.105. The first kappa shape index (κ1) is 17.7. The van der Waals surface area contributed by atoms with Crippen molar-refractivity contribution < 1.29 is 8.42 Å². The van der Waals surface area contributed by atoms with Gasteiger partial charge in [0.1, 0.15) is 0 Å². The summed E-state index contributed by atoms with van der Waals surface area (Å²) in [7, 11) is -3.53. The van der Waals surface area contributed by atoms with Crippen LogP contribution in [0, 0.1) is 0 Å². The molecule has 1 heterocycles. The van der Waals surface area contributed by atoms with Crippen molar-refractivity contribution in [1.29, 1.82) is 0 Å². The molecule has 4 nitrogen and oxygen atoms in total. The zero-order valence-electron chi connectivity index (χ0n) is 13.5. The molecule has 0 unspecified atom stereocenters. The zero-order valence-corrected chi connectivity index (χ0v) is 15.1. The molecule has 0 amide bonds. The number of nitrogens with zero attached hydrogens (tertiary/aromatic N) is 1. The van der Waals surface area contributed by atoms with Gasteiger partial charge in [-0.1, -0.05) is 48.5 Å². The minimum absolute atomic E-state index is 0.0483. The van der Waals surface area contributed by atoms with E-state index in [4.69, 9.17) is 0 Å². The summed E-state index contributed by atoms with van der Waals surface area (Å²) in [5, 5.41) is 0.0483. The van der Waals surface area contributed by atoms with Crippen LogP contribution in [0.4, 0.5) is 0 Å². The van der Waals surface area contributed by atoms with Gasteiger partial charge in [-0.2, -0.15) is 0 Å². The van der Waals surface area contributed by atoms with E-state index in [1.165, 1.54) is 23.4 Å². The molecule has 0 aliphatic carbocycles. The van der Waals surface area contributed by atoms with E-state index in [0.717, 1.165) is 4.90 Å². The lowest BCUT2D eigenvalue weighted by Crippen LogP contribution is -2.26. The summed E-state index contributed by atoms with van der Waals surface area (Å²) < 4.78 is 26.7. The molecule has 0 radical (unpaired) electrons. The van der Waals surface area contributed by atoms with E-state index >= 15 is 0 Å². The standard InChI is InChI=1S/C19H18N2O2S2/c22-25(23,19-8-4-5-13-20-19)21-14-15-24-18-11-9-17(10-12-18)16-6-2-1-3-7-16/h1-13,21H,14-15H2. The van der Waals surface area contributed by atoms with Gasteiger partial charge in [0.25, 0.3) is 10.0 Å². The number of rotatable bonds is 7. The Labute approximate surface area is 152 Å². The fourth-order valence-electron chi connectivity index (χ4n) is 2.30. The summed E-state index contributed by atoms with van der Waals surface area (Å²) in [4.78, 5) is 4.98. The topological polar surface area (TPSA) is 59.1 Å². The van der Waals surface area contributed by atoms with Gasteiger partial charge in [0.2, 0.25) is 0 Å². The molecule has 0 aliphatic heterocycles. The molecule has 0 bridgehead atoms. The number of hydrogen-bond acceptors (Lipinski definition) is 4. The molecule has 0 spiro atoms. The Morgan fingerprint density at radius 2 is 1.52 bits per heavy atom. The molecule has 2 aromatic carbocycles. The lowest BCUT2D eigenvalue weighted by molar-refractivity contribution is 0.580. The fourth-order valence-corrected chi connectivity index (χ4v) is 4.17. The molecule has 3 aromatic rings. The van der Waals surface area contributed by atoms with Gasteiger partial charge in [-0.15, -0.1) is 11.8 Å². The highest BCUT2D eigenvalue weighted by atomic mass is 32.2. The lowest BCUT2D eigenvalue weighted by atomic mass is 10.1. The highest BCUT2D eigenvalue weighted by Gasteiger charge is 2.13. The maximum absolute atomic E-state index is 12.1. The largest absolute Gasteiger partial charge is 0.258 e. The summed E-state index contributed by atoms with van der Waals surface area (Å²) in [5.74, 6) is 0.650. The second kappa shape index (κ2) is 8.29. The van der Waals surface area contributed by atoms with Crippen molar-refractivity contribution >= 4 is 21.8 Å². The molecule has 128 valence electrons. The molecule has 0 atom stereocenters. The van der Waals surface area contributed by atoms with Crippen LogP contribution in [0.3, 0.4) is 0 Å². The van der Waals surface area contributed by atoms with E-state index in [1.807, 2.05) is 18.2 Å². The van der Waals surface area contributed by atoms with E-state index in [1.54, 1.807) is 23.9 Å². The Hall–Kier alpha value is -2.15.